The summed E-state index contributed by atoms with van der Waals surface area (Å²) in [7, 11) is 1.77. The summed E-state index contributed by atoms with van der Waals surface area (Å²) in [4.78, 5) is 17.2. The van der Waals surface area contributed by atoms with Crippen molar-refractivity contribution < 1.29 is 9.53 Å². The molecule has 0 bridgehead atoms. The lowest BCUT2D eigenvalue weighted by molar-refractivity contribution is -0.127. The Kier molecular flexibility index (Phi) is 5.48. The Hall–Kier alpha value is -1.88. The highest BCUT2D eigenvalue weighted by atomic mass is 16.5. The predicted molar refractivity (Wildman–Crippen MR) is 107 cm³/mol. The largest absolute Gasteiger partial charge is 0.381 e. The highest BCUT2D eigenvalue weighted by Crippen LogP contribution is 2.32. The maximum Gasteiger partial charge on any atom is 0.223 e. The molecular weight excluding hydrogens is 338 g/mol. The van der Waals surface area contributed by atoms with Gasteiger partial charge in [0.05, 0.1) is 23.5 Å². The number of nitrogens with one attached hydrogen (secondary N) is 1. The van der Waals surface area contributed by atoms with Gasteiger partial charge in [-0.05, 0) is 76.0 Å². The summed E-state index contributed by atoms with van der Waals surface area (Å²) in [6.07, 6.45) is 10.6. The van der Waals surface area contributed by atoms with Gasteiger partial charge in [0.1, 0.15) is 0 Å². The molecule has 0 radical (unpaired) electrons. The molecule has 1 aromatic carbocycles. The van der Waals surface area contributed by atoms with Crippen molar-refractivity contribution in [3.8, 4) is 0 Å². The Labute approximate surface area is 161 Å². The molecule has 27 heavy (non-hydrogen) atoms. The van der Waals surface area contributed by atoms with Crippen LogP contribution in [0.2, 0.25) is 0 Å². The number of hydrogen-bond acceptors (Lipinski definition) is 3. The van der Waals surface area contributed by atoms with E-state index in [1.165, 1.54) is 11.1 Å². The average molecular weight is 370 g/mol. The quantitative estimate of drug-likeness (QED) is 0.881. The molecular formula is C22H31N3O2. The Balaban J connectivity index is 1.30. The fourth-order valence-electron chi connectivity index (χ4n) is 4.81. The maximum absolute atomic E-state index is 12.6. The zero-order valence-corrected chi connectivity index (χ0v) is 16.5. The molecule has 0 saturated heterocycles. The number of hydrogen-bond donors (Lipinski definition) is 1. The fourth-order valence-corrected chi connectivity index (χ4v) is 4.81. The number of benzene rings is 1. The van der Waals surface area contributed by atoms with Gasteiger partial charge in [0.2, 0.25) is 5.91 Å². The third kappa shape index (κ3) is 4.03. The molecule has 2 aromatic rings. The van der Waals surface area contributed by atoms with E-state index in [9.17, 15) is 4.79 Å². The molecule has 0 atom stereocenters. The minimum absolute atomic E-state index is 0.176. The van der Waals surface area contributed by atoms with Crippen LogP contribution >= 0.6 is 0 Å². The summed E-state index contributed by atoms with van der Waals surface area (Å²) in [6.45, 7) is 2.11. The second kappa shape index (κ2) is 8.01. The molecule has 4 rings (SSSR count). The molecule has 1 heterocycles. The zero-order chi connectivity index (χ0) is 18.8. The molecule has 2 aliphatic rings. The summed E-state index contributed by atoms with van der Waals surface area (Å²) in [5.41, 5.74) is 3.55. The number of aryl methyl sites for hydroxylation is 1. The van der Waals surface area contributed by atoms with Crippen molar-refractivity contribution in [3.05, 3.63) is 30.1 Å². The van der Waals surface area contributed by atoms with Gasteiger partial charge in [-0.2, -0.15) is 0 Å². The molecule has 1 N–H and O–H groups in total. The van der Waals surface area contributed by atoms with Crippen LogP contribution in [0, 0.1) is 12.8 Å². The monoisotopic (exact) mass is 369 g/mol. The molecule has 0 unspecified atom stereocenters. The van der Waals surface area contributed by atoms with E-state index in [4.69, 9.17) is 4.74 Å². The first-order valence-electron chi connectivity index (χ1n) is 10.4. The first-order valence-corrected chi connectivity index (χ1v) is 10.4. The Bertz CT molecular complexity index is 784. The minimum atomic E-state index is 0.176. The lowest BCUT2D eigenvalue weighted by atomic mass is 9.85. The van der Waals surface area contributed by atoms with E-state index in [1.54, 1.807) is 7.11 Å². The van der Waals surface area contributed by atoms with E-state index >= 15 is 0 Å². The van der Waals surface area contributed by atoms with Crippen LogP contribution in [0.15, 0.2) is 24.5 Å². The molecule has 2 aliphatic carbocycles. The summed E-state index contributed by atoms with van der Waals surface area (Å²) < 4.78 is 7.75. The van der Waals surface area contributed by atoms with Gasteiger partial charge in [-0.25, -0.2) is 4.98 Å². The van der Waals surface area contributed by atoms with Gasteiger partial charge in [0.25, 0.3) is 0 Å². The minimum Gasteiger partial charge on any atom is -0.381 e. The van der Waals surface area contributed by atoms with Gasteiger partial charge in [0.15, 0.2) is 0 Å². The van der Waals surface area contributed by atoms with Crippen LogP contribution in [0.25, 0.3) is 11.0 Å². The van der Waals surface area contributed by atoms with Gasteiger partial charge in [-0.1, -0.05) is 6.07 Å². The summed E-state index contributed by atoms with van der Waals surface area (Å²) >= 11 is 0. The van der Waals surface area contributed by atoms with Gasteiger partial charge < -0.3 is 14.6 Å². The number of carbonyl (C=O) groups is 1. The number of amides is 1. The van der Waals surface area contributed by atoms with Crippen LogP contribution in [0.1, 0.15) is 63.0 Å². The fraction of sp³-hybridized carbons (Fsp3) is 0.636. The summed E-state index contributed by atoms with van der Waals surface area (Å²) in [6, 6.07) is 7.30. The van der Waals surface area contributed by atoms with Crippen LogP contribution in [-0.2, 0) is 9.53 Å². The molecule has 1 amide bonds. The topological polar surface area (TPSA) is 56.1 Å². The van der Waals surface area contributed by atoms with Gasteiger partial charge in [0, 0.05) is 25.1 Å². The van der Waals surface area contributed by atoms with Crippen molar-refractivity contribution in [2.45, 2.75) is 76.5 Å². The average Bonchev–Trinajstić information content (AvgIpc) is 3.11. The van der Waals surface area contributed by atoms with E-state index in [1.807, 2.05) is 6.33 Å². The second-order valence-electron chi connectivity index (χ2n) is 8.37. The SMILES string of the molecule is COC1CCC(C(=O)NC2CCC(n3cnc4cc(C)ccc43)CC2)CC1. The normalized spacial score (nSPS) is 29.0. The first kappa shape index (κ1) is 18.5. The van der Waals surface area contributed by atoms with Crippen molar-refractivity contribution in [2.75, 3.05) is 7.11 Å². The number of aromatic nitrogens is 2. The second-order valence-corrected chi connectivity index (χ2v) is 8.37. The van der Waals surface area contributed by atoms with Crippen molar-refractivity contribution in [2.24, 2.45) is 5.92 Å². The number of ether oxygens (including phenoxy) is 1. The van der Waals surface area contributed by atoms with Gasteiger partial charge >= 0.3 is 0 Å². The highest BCUT2D eigenvalue weighted by molar-refractivity contribution is 5.79. The molecule has 2 saturated carbocycles. The smallest absolute Gasteiger partial charge is 0.223 e. The molecule has 5 nitrogen and oxygen atoms in total. The molecule has 0 spiro atoms. The first-order chi connectivity index (χ1) is 13.1. The number of rotatable bonds is 4. The van der Waals surface area contributed by atoms with Crippen molar-refractivity contribution in [3.63, 3.8) is 0 Å². The van der Waals surface area contributed by atoms with Gasteiger partial charge in [-0.3, -0.25) is 4.79 Å². The number of methoxy groups -OCH3 is 1. The van der Waals surface area contributed by atoms with E-state index in [0.717, 1.165) is 56.9 Å². The molecule has 5 heteroatoms. The van der Waals surface area contributed by atoms with E-state index in [-0.39, 0.29) is 11.8 Å². The maximum atomic E-state index is 12.6. The third-order valence-corrected chi connectivity index (χ3v) is 6.55. The number of nitrogens with zero attached hydrogens (tertiary/aromatic N) is 2. The van der Waals surface area contributed by atoms with E-state index < -0.39 is 0 Å². The Morgan fingerprint density at radius 1 is 1.11 bits per heavy atom. The number of imidazole rings is 1. The lowest BCUT2D eigenvalue weighted by Gasteiger charge is -2.32. The number of fused-ring (bicyclic) bond motifs is 1. The molecule has 0 aliphatic heterocycles. The lowest BCUT2D eigenvalue weighted by Crippen LogP contribution is -2.42. The van der Waals surface area contributed by atoms with Crippen molar-refractivity contribution >= 4 is 16.9 Å². The molecule has 2 fully saturated rings. The van der Waals surface area contributed by atoms with Crippen LogP contribution in [0.5, 0.6) is 0 Å². The Morgan fingerprint density at radius 2 is 1.85 bits per heavy atom. The van der Waals surface area contributed by atoms with Crippen LogP contribution in [0.4, 0.5) is 0 Å². The van der Waals surface area contributed by atoms with Crippen LogP contribution < -0.4 is 5.32 Å². The molecule has 1 aromatic heterocycles. The third-order valence-electron chi connectivity index (χ3n) is 6.55. The van der Waals surface area contributed by atoms with Crippen molar-refractivity contribution in [1.82, 2.24) is 14.9 Å². The highest BCUT2D eigenvalue weighted by Gasteiger charge is 2.29. The van der Waals surface area contributed by atoms with E-state index in [2.05, 4.69) is 40.0 Å². The van der Waals surface area contributed by atoms with Crippen LogP contribution in [-0.4, -0.2) is 34.7 Å². The molecule has 146 valence electrons. The zero-order valence-electron chi connectivity index (χ0n) is 16.5. The van der Waals surface area contributed by atoms with Gasteiger partial charge in [-0.15, -0.1) is 0 Å². The predicted octanol–water partition coefficient (Wildman–Crippen LogP) is 4.15. The number of carbonyl (C=O) groups excluding carboxylic acids is 1. The standard InChI is InChI=1S/C22H31N3O2/c1-15-3-12-21-20(13-15)23-14-25(21)18-8-6-17(7-9-18)24-22(26)16-4-10-19(27-2)11-5-16/h3,12-14,16-19H,4-11H2,1-2H3,(H,24,26). The van der Waals surface area contributed by atoms with E-state index in [0.29, 0.717) is 18.2 Å². The van der Waals surface area contributed by atoms with Crippen molar-refractivity contribution in [1.29, 1.82) is 0 Å². The summed E-state index contributed by atoms with van der Waals surface area (Å²) in [5.74, 6) is 0.437. The van der Waals surface area contributed by atoms with Crippen LogP contribution in [0.3, 0.4) is 0 Å². The summed E-state index contributed by atoms with van der Waals surface area (Å²) in [5, 5.41) is 3.33. The Morgan fingerprint density at radius 3 is 2.56 bits per heavy atom.